The molecule has 0 saturated heterocycles. The quantitative estimate of drug-likeness (QED) is 0.523. The second kappa shape index (κ2) is 11.0. The third kappa shape index (κ3) is 6.45. The van der Waals surface area contributed by atoms with Crippen molar-refractivity contribution in [3.05, 3.63) is 29.3 Å². The van der Waals surface area contributed by atoms with Crippen LogP contribution in [0.5, 0.6) is 0 Å². The van der Waals surface area contributed by atoms with Gasteiger partial charge in [-0.2, -0.15) is 0 Å². The molecule has 0 fully saturated rings. The molecule has 7 nitrogen and oxygen atoms in total. The van der Waals surface area contributed by atoms with Gasteiger partial charge < -0.3 is 10.6 Å². The number of aromatic nitrogens is 2. The highest BCUT2D eigenvalue weighted by Gasteiger charge is 2.26. The largest absolute Gasteiger partial charge is 0.338 e. The number of rotatable bonds is 9. The van der Waals surface area contributed by atoms with Crippen molar-refractivity contribution >= 4 is 40.0 Å². The van der Waals surface area contributed by atoms with Gasteiger partial charge in [-0.3, -0.25) is 10.1 Å². The third-order valence-electron chi connectivity index (χ3n) is 4.32. The van der Waals surface area contributed by atoms with E-state index in [1.165, 1.54) is 11.3 Å². The molecule has 1 aromatic heterocycles. The van der Waals surface area contributed by atoms with E-state index >= 15 is 0 Å². The Kier molecular flexibility index (Phi) is 8.66. The molecule has 0 saturated carbocycles. The Morgan fingerprint density at radius 3 is 2.71 bits per heavy atom. The average Bonchev–Trinajstić information content (AvgIpc) is 3.14. The number of anilines is 1. The molecule has 0 aliphatic rings. The summed E-state index contributed by atoms with van der Waals surface area (Å²) in [6.45, 7) is 6.53. The van der Waals surface area contributed by atoms with Crippen LogP contribution in [-0.2, 0) is 4.79 Å². The van der Waals surface area contributed by atoms with Gasteiger partial charge in [0.25, 0.3) is 0 Å². The maximum atomic E-state index is 12.7. The summed E-state index contributed by atoms with van der Waals surface area (Å²) in [6.07, 6.45) is 2.63. The summed E-state index contributed by atoms with van der Waals surface area (Å²) in [5.74, 6) is -0.342. The lowest BCUT2D eigenvalue weighted by Gasteiger charge is -2.23. The lowest BCUT2D eigenvalue weighted by Crippen LogP contribution is -2.51. The third-order valence-corrected chi connectivity index (χ3v) is 5.45. The molecule has 9 heteroatoms. The van der Waals surface area contributed by atoms with Crippen LogP contribution in [-0.4, -0.2) is 34.7 Å². The fraction of sp³-hybridized carbons (Fsp3) is 0.474. The molecule has 0 unspecified atom stereocenters. The SMILES string of the molecule is CCCCNC(=O)N[C@H](C(=O)Nc1nnc(-c2cccc(Cl)c2)s1)[C@@H](C)CC. The molecule has 2 atom stereocenters. The molecule has 0 aliphatic carbocycles. The summed E-state index contributed by atoms with van der Waals surface area (Å²) in [5, 5.41) is 18.1. The Hall–Kier alpha value is -2.19. The number of unbranched alkanes of at least 4 members (excludes halogenated alkanes) is 1. The van der Waals surface area contributed by atoms with Gasteiger partial charge in [0.05, 0.1) is 0 Å². The number of hydrogen-bond acceptors (Lipinski definition) is 5. The molecular weight excluding hydrogens is 398 g/mol. The molecule has 1 heterocycles. The zero-order valence-electron chi connectivity index (χ0n) is 16.3. The van der Waals surface area contributed by atoms with Crippen LogP contribution >= 0.6 is 22.9 Å². The summed E-state index contributed by atoms with van der Waals surface area (Å²) in [5.41, 5.74) is 0.831. The van der Waals surface area contributed by atoms with Gasteiger partial charge in [-0.25, -0.2) is 4.79 Å². The number of hydrogen-bond donors (Lipinski definition) is 3. The van der Waals surface area contributed by atoms with Gasteiger partial charge in [-0.05, 0) is 24.5 Å². The number of nitrogens with one attached hydrogen (secondary N) is 3. The minimum Gasteiger partial charge on any atom is -0.338 e. The van der Waals surface area contributed by atoms with E-state index in [4.69, 9.17) is 11.6 Å². The van der Waals surface area contributed by atoms with Gasteiger partial charge in [-0.15, -0.1) is 10.2 Å². The lowest BCUT2D eigenvalue weighted by molar-refractivity contribution is -0.119. The van der Waals surface area contributed by atoms with Crippen molar-refractivity contribution in [3.8, 4) is 10.6 Å². The molecule has 0 radical (unpaired) electrons. The van der Waals surface area contributed by atoms with Crippen molar-refractivity contribution in [2.45, 2.75) is 46.1 Å². The maximum Gasteiger partial charge on any atom is 0.315 e. The van der Waals surface area contributed by atoms with Crippen LogP contribution < -0.4 is 16.0 Å². The topological polar surface area (TPSA) is 96.0 Å². The first-order valence-corrected chi connectivity index (χ1v) is 10.6. The number of carbonyl (C=O) groups excluding carboxylic acids is 2. The van der Waals surface area contributed by atoms with Gasteiger partial charge in [0, 0.05) is 17.1 Å². The van der Waals surface area contributed by atoms with Gasteiger partial charge in [0.1, 0.15) is 11.0 Å². The molecule has 0 aliphatic heterocycles. The Bertz CT molecular complexity index is 798. The van der Waals surface area contributed by atoms with Gasteiger partial charge >= 0.3 is 6.03 Å². The number of urea groups is 1. The standard InChI is InChI=1S/C19H26ClN5O2S/c1-4-6-10-21-18(27)22-15(12(3)5-2)16(26)23-19-25-24-17(28-19)13-8-7-9-14(20)11-13/h7-9,11-12,15H,4-6,10H2,1-3H3,(H2,21,22,27)(H,23,25,26)/t12-,15-/m0/s1. The van der Waals surface area contributed by atoms with E-state index in [-0.39, 0.29) is 17.9 Å². The normalized spacial score (nSPS) is 12.9. The lowest BCUT2D eigenvalue weighted by atomic mass is 9.98. The van der Waals surface area contributed by atoms with Gasteiger partial charge in [-0.1, -0.05) is 68.7 Å². The predicted octanol–water partition coefficient (Wildman–Crippen LogP) is 4.31. The van der Waals surface area contributed by atoms with E-state index in [1.807, 2.05) is 26.0 Å². The van der Waals surface area contributed by atoms with Crippen molar-refractivity contribution in [2.24, 2.45) is 5.92 Å². The van der Waals surface area contributed by atoms with Crippen molar-refractivity contribution in [3.63, 3.8) is 0 Å². The smallest absolute Gasteiger partial charge is 0.315 e. The number of nitrogens with zero attached hydrogens (tertiary/aromatic N) is 2. The highest BCUT2D eigenvalue weighted by molar-refractivity contribution is 7.18. The van der Waals surface area contributed by atoms with Crippen LogP contribution in [0, 0.1) is 5.92 Å². The van der Waals surface area contributed by atoms with E-state index in [0.29, 0.717) is 21.7 Å². The van der Waals surface area contributed by atoms with E-state index in [2.05, 4.69) is 33.1 Å². The van der Waals surface area contributed by atoms with Crippen LogP contribution in [0.4, 0.5) is 9.93 Å². The van der Waals surface area contributed by atoms with Crippen molar-refractivity contribution in [1.29, 1.82) is 0 Å². The summed E-state index contributed by atoms with van der Waals surface area (Å²) in [6, 6.07) is 6.27. The number of halogens is 1. The highest BCUT2D eigenvalue weighted by atomic mass is 35.5. The molecule has 152 valence electrons. The molecule has 0 bridgehead atoms. The van der Waals surface area contributed by atoms with E-state index < -0.39 is 6.04 Å². The van der Waals surface area contributed by atoms with Crippen molar-refractivity contribution in [1.82, 2.24) is 20.8 Å². The Morgan fingerprint density at radius 2 is 2.04 bits per heavy atom. The second-order valence-electron chi connectivity index (χ2n) is 6.53. The summed E-state index contributed by atoms with van der Waals surface area (Å²) in [4.78, 5) is 24.8. The second-order valence-corrected chi connectivity index (χ2v) is 7.94. The van der Waals surface area contributed by atoms with Crippen LogP contribution in [0.1, 0.15) is 40.0 Å². The summed E-state index contributed by atoms with van der Waals surface area (Å²) < 4.78 is 0. The molecule has 3 amide bonds. The molecule has 2 aromatic rings. The molecule has 3 N–H and O–H groups in total. The van der Waals surface area contributed by atoms with Crippen molar-refractivity contribution < 1.29 is 9.59 Å². The molecular formula is C19H26ClN5O2S. The Morgan fingerprint density at radius 1 is 1.25 bits per heavy atom. The Labute approximate surface area is 174 Å². The minimum atomic E-state index is -0.662. The highest BCUT2D eigenvalue weighted by Crippen LogP contribution is 2.28. The number of benzene rings is 1. The van der Waals surface area contributed by atoms with E-state index in [1.54, 1.807) is 12.1 Å². The number of amides is 3. The van der Waals surface area contributed by atoms with Crippen LogP contribution in [0.25, 0.3) is 10.6 Å². The first-order valence-electron chi connectivity index (χ1n) is 9.39. The average molecular weight is 424 g/mol. The van der Waals surface area contributed by atoms with Crippen molar-refractivity contribution in [2.75, 3.05) is 11.9 Å². The maximum absolute atomic E-state index is 12.7. The summed E-state index contributed by atoms with van der Waals surface area (Å²) >= 11 is 7.27. The van der Waals surface area contributed by atoms with Gasteiger partial charge in [0.15, 0.2) is 0 Å². The monoisotopic (exact) mass is 423 g/mol. The fourth-order valence-electron chi connectivity index (χ4n) is 2.47. The minimum absolute atomic E-state index is 0.0303. The first-order chi connectivity index (χ1) is 13.4. The van der Waals surface area contributed by atoms with Crippen LogP contribution in [0.15, 0.2) is 24.3 Å². The fourth-order valence-corrected chi connectivity index (χ4v) is 3.40. The van der Waals surface area contributed by atoms with Gasteiger partial charge in [0.2, 0.25) is 11.0 Å². The summed E-state index contributed by atoms with van der Waals surface area (Å²) in [7, 11) is 0. The van der Waals surface area contributed by atoms with E-state index in [0.717, 1.165) is 24.8 Å². The van der Waals surface area contributed by atoms with Crippen LogP contribution in [0.2, 0.25) is 5.02 Å². The zero-order valence-corrected chi connectivity index (χ0v) is 17.9. The zero-order chi connectivity index (χ0) is 20.5. The molecule has 1 aromatic carbocycles. The van der Waals surface area contributed by atoms with Crippen LogP contribution in [0.3, 0.4) is 0 Å². The predicted molar refractivity (Wildman–Crippen MR) is 114 cm³/mol. The molecule has 28 heavy (non-hydrogen) atoms. The van der Waals surface area contributed by atoms with E-state index in [9.17, 15) is 9.59 Å². The Balaban J connectivity index is 2.03. The molecule has 0 spiro atoms. The molecule has 2 rings (SSSR count). The number of carbonyl (C=O) groups is 2. The first kappa shape index (κ1) is 22.1.